The molecule has 4 rings (SSSR count). The third-order valence-electron chi connectivity index (χ3n) is 3.40. The third-order valence-corrected chi connectivity index (χ3v) is 3.40. The van der Waals surface area contributed by atoms with E-state index in [0.717, 1.165) is 22.4 Å². The van der Waals surface area contributed by atoms with Gasteiger partial charge in [0.05, 0.1) is 17.9 Å². The average molecular weight is 240 g/mol. The highest BCUT2D eigenvalue weighted by Crippen LogP contribution is 2.24. The van der Waals surface area contributed by atoms with E-state index >= 15 is 0 Å². The number of nitrogens with zero attached hydrogens (tertiary/aromatic N) is 1. The van der Waals surface area contributed by atoms with E-state index in [-0.39, 0.29) is 5.56 Å². The number of hydrogen-bond acceptors (Lipinski definition) is 3. The minimum atomic E-state index is -0.0459. The van der Waals surface area contributed by atoms with Crippen molar-refractivity contribution in [3.05, 3.63) is 46.4 Å². The number of aromatic amines is 1. The maximum Gasteiger partial charge on any atom is 0.272 e. The Morgan fingerprint density at radius 1 is 1.17 bits per heavy atom. The Morgan fingerprint density at radius 2 is 2.06 bits per heavy atom. The number of benzene rings is 1. The van der Waals surface area contributed by atoms with Crippen LogP contribution in [0.2, 0.25) is 0 Å². The fraction of sp³-hybridized carbons (Fsp3) is 0.154. The fourth-order valence-corrected chi connectivity index (χ4v) is 2.61. The molecule has 0 bridgehead atoms. The van der Waals surface area contributed by atoms with Crippen molar-refractivity contribution in [1.82, 2.24) is 14.7 Å². The molecule has 0 amide bonds. The molecule has 0 radical (unpaired) electrons. The van der Waals surface area contributed by atoms with Crippen LogP contribution in [0.4, 0.5) is 5.82 Å². The molecular formula is C13H12N4O. The number of para-hydroxylation sites is 1. The van der Waals surface area contributed by atoms with Gasteiger partial charge in [-0.3, -0.25) is 14.5 Å². The number of anilines is 1. The number of H-pyrrole nitrogens is 1. The van der Waals surface area contributed by atoms with E-state index in [1.165, 1.54) is 0 Å². The zero-order chi connectivity index (χ0) is 12.1. The van der Waals surface area contributed by atoms with E-state index in [1.54, 1.807) is 0 Å². The first-order valence-electron chi connectivity index (χ1n) is 5.94. The van der Waals surface area contributed by atoms with Crippen LogP contribution in [0.15, 0.2) is 35.1 Å². The normalized spacial score (nSPS) is 14.7. The molecule has 1 aliphatic heterocycles. The highest BCUT2D eigenvalue weighted by atomic mass is 16.1. The molecule has 5 heteroatoms. The molecule has 0 unspecified atom stereocenters. The summed E-state index contributed by atoms with van der Waals surface area (Å²) in [5, 5.41) is 7.55. The van der Waals surface area contributed by atoms with Gasteiger partial charge in [0, 0.05) is 11.9 Å². The molecule has 3 heterocycles. The molecule has 0 aliphatic carbocycles. The first-order chi connectivity index (χ1) is 8.84. The molecule has 3 N–H and O–H groups in total. The van der Waals surface area contributed by atoms with E-state index in [0.29, 0.717) is 18.7 Å². The molecule has 0 spiro atoms. The maximum atomic E-state index is 12.1. The lowest BCUT2D eigenvalue weighted by atomic mass is 10.2. The zero-order valence-electron chi connectivity index (χ0n) is 9.66. The summed E-state index contributed by atoms with van der Waals surface area (Å²) in [5.41, 5.74) is 2.60. The van der Waals surface area contributed by atoms with Crippen molar-refractivity contribution in [2.24, 2.45) is 0 Å². The molecule has 1 aliphatic rings. The Hall–Kier alpha value is -2.27. The van der Waals surface area contributed by atoms with Gasteiger partial charge >= 0.3 is 0 Å². The van der Waals surface area contributed by atoms with Crippen LogP contribution in [0.25, 0.3) is 16.4 Å². The number of aromatic nitrogens is 2. The summed E-state index contributed by atoms with van der Waals surface area (Å²) in [6.07, 6.45) is 0. The predicted octanol–water partition coefficient (Wildman–Crippen LogP) is 1.25. The minimum Gasteiger partial charge on any atom is -0.357 e. The molecule has 90 valence electrons. The summed E-state index contributed by atoms with van der Waals surface area (Å²) in [6, 6.07) is 9.96. The molecule has 0 saturated carbocycles. The molecule has 3 aromatic rings. The van der Waals surface area contributed by atoms with Gasteiger partial charge in [0.2, 0.25) is 0 Å². The van der Waals surface area contributed by atoms with E-state index in [2.05, 4.69) is 15.6 Å². The molecular weight excluding hydrogens is 228 g/mol. The Morgan fingerprint density at radius 3 is 3.00 bits per heavy atom. The van der Waals surface area contributed by atoms with Gasteiger partial charge in [-0.2, -0.15) is 0 Å². The van der Waals surface area contributed by atoms with Crippen molar-refractivity contribution < 1.29 is 0 Å². The van der Waals surface area contributed by atoms with Gasteiger partial charge in [-0.15, -0.1) is 0 Å². The van der Waals surface area contributed by atoms with Crippen molar-refractivity contribution in [1.29, 1.82) is 0 Å². The first kappa shape index (κ1) is 9.73. The Balaban J connectivity index is 2.27. The summed E-state index contributed by atoms with van der Waals surface area (Å²) in [6.45, 7) is 1.39. The van der Waals surface area contributed by atoms with Crippen LogP contribution in [-0.4, -0.2) is 16.1 Å². The second kappa shape index (κ2) is 3.36. The fourth-order valence-electron chi connectivity index (χ4n) is 2.61. The topological polar surface area (TPSA) is 61.3 Å². The van der Waals surface area contributed by atoms with Gasteiger partial charge < -0.3 is 10.3 Å². The summed E-state index contributed by atoms with van der Waals surface area (Å²) in [4.78, 5) is 15.0. The monoisotopic (exact) mass is 240 g/mol. The van der Waals surface area contributed by atoms with Crippen LogP contribution in [0.3, 0.4) is 0 Å². The highest BCUT2D eigenvalue weighted by Gasteiger charge is 2.16. The van der Waals surface area contributed by atoms with Gasteiger partial charge in [-0.05, 0) is 12.1 Å². The van der Waals surface area contributed by atoms with Crippen LogP contribution in [-0.2, 0) is 6.54 Å². The van der Waals surface area contributed by atoms with Gasteiger partial charge in [0.15, 0.2) is 0 Å². The van der Waals surface area contributed by atoms with Gasteiger partial charge in [0.1, 0.15) is 11.3 Å². The molecule has 2 aromatic heterocycles. The van der Waals surface area contributed by atoms with Crippen LogP contribution >= 0.6 is 0 Å². The first-order valence-corrected chi connectivity index (χ1v) is 5.94. The second-order valence-corrected chi connectivity index (χ2v) is 4.49. The molecule has 0 saturated heterocycles. The minimum absolute atomic E-state index is 0.0459. The smallest absolute Gasteiger partial charge is 0.272 e. The SMILES string of the molecule is O=c1[nH]c2c(n3c1cc1ccccc13)NCNC2. The van der Waals surface area contributed by atoms with Crippen LogP contribution in [0.5, 0.6) is 0 Å². The Labute approximate surface area is 102 Å². The number of rotatable bonds is 0. The van der Waals surface area contributed by atoms with E-state index in [9.17, 15) is 4.79 Å². The van der Waals surface area contributed by atoms with E-state index in [1.807, 2.05) is 34.7 Å². The number of fused-ring (bicyclic) bond motifs is 5. The summed E-state index contributed by atoms with van der Waals surface area (Å²) in [5.74, 6) is 0.976. The molecule has 0 atom stereocenters. The largest absolute Gasteiger partial charge is 0.357 e. The quantitative estimate of drug-likeness (QED) is 0.554. The van der Waals surface area contributed by atoms with Gasteiger partial charge in [-0.1, -0.05) is 18.2 Å². The molecule has 5 nitrogen and oxygen atoms in total. The van der Waals surface area contributed by atoms with Crippen LogP contribution in [0, 0.1) is 0 Å². The van der Waals surface area contributed by atoms with Crippen LogP contribution in [0.1, 0.15) is 5.69 Å². The lowest BCUT2D eigenvalue weighted by molar-refractivity contribution is 0.678. The third kappa shape index (κ3) is 1.16. The molecule has 18 heavy (non-hydrogen) atoms. The average Bonchev–Trinajstić information content (AvgIpc) is 2.79. The second-order valence-electron chi connectivity index (χ2n) is 4.49. The predicted molar refractivity (Wildman–Crippen MR) is 70.9 cm³/mol. The highest BCUT2D eigenvalue weighted by molar-refractivity contribution is 5.88. The molecule has 1 aromatic carbocycles. The molecule has 0 fully saturated rings. The van der Waals surface area contributed by atoms with Crippen molar-refractivity contribution in [3.63, 3.8) is 0 Å². The van der Waals surface area contributed by atoms with Crippen molar-refractivity contribution >= 4 is 22.2 Å². The van der Waals surface area contributed by atoms with Gasteiger partial charge in [0.25, 0.3) is 5.56 Å². The van der Waals surface area contributed by atoms with Crippen LogP contribution < -0.4 is 16.2 Å². The zero-order valence-corrected chi connectivity index (χ0v) is 9.66. The Kier molecular flexibility index (Phi) is 1.82. The maximum absolute atomic E-state index is 12.1. The van der Waals surface area contributed by atoms with Gasteiger partial charge in [-0.25, -0.2) is 0 Å². The lowest BCUT2D eigenvalue weighted by Gasteiger charge is -2.20. The van der Waals surface area contributed by atoms with Crippen molar-refractivity contribution in [2.45, 2.75) is 6.54 Å². The van der Waals surface area contributed by atoms with E-state index in [4.69, 9.17) is 0 Å². The standard InChI is InChI=1S/C13H12N4O/c18-13-11-5-8-3-1-2-4-10(8)17(11)12-9(16-13)6-14-7-15-12/h1-5,14-15H,6-7H2,(H,16,18). The number of hydrogen-bond donors (Lipinski definition) is 3. The Bertz CT molecular complexity index is 815. The van der Waals surface area contributed by atoms with E-state index < -0.39 is 0 Å². The number of nitrogens with one attached hydrogen (secondary N) is 3. The lowest BCUT2D eigenvalue weighted by Crippen LogP contribution is -2.32. The van der Waals surface area contributed by atoms with Crippen molar-refractivity contribution in [2.75, 3.05) is 12.0 Å². The van der Waals surface area contributed by atoms with Crippen molar-refractivity contribution in [3.8, 4) is 0 Å². The summed E-state index contributed by atoms with van der Waals surface area (Å²) in [7, 11) is 0. The summed E-state index contributed by atoms with van der Waals surface area (Å²) >= 11 is 0. The summed E-state index contributed by atoms with van der Waals surface area (Å²) < 4.78 is 2.00.